The molecule has 0 aliphatic carbocycles. The van der Waals surface area contributed by atoms with Crippen molar-refractivity contribution < 1.29 is 19.1 Å². The number of carbonyl (C=O) groups is 3. The Hall–Kier alpha value is -2.22. The third-order valence-electron chi connectivity index (χ3n) is 5.35. The molecule has 4 rings (SSSR count). The van der Waals surface area contributed by atoms with Gasteiger partial charge in [0, 0.05) is 24.0 Å². The summed E-state index contributed by atoms with van der Waals surface area (Å²) in [6.45, 7) is 3.78. The third kappa shape index (κ3) is 3.63. The van der Waals surface area contributed by atoms with Gasteiger partial charge >= 0.3 is 6.09 Å². The molecular weight excluding hydrogens is 366 g/mol. The summed E-state index contributed by atoms with van der Waals surface area (Å²) in [6, 6.07) is 7.82. The third-order valence-corrected chi connectivity index (χ3v) is 6.40. The maximum Gasteiger partial charge on any atom is 0.410 e. The number of amides is 3. The number of thioether (sulfide) groups is 1. The van der Waals surface area contributed by atoms with Gasteiger partial charge in [-0.05, 0) is 31.9 Å². The SMILES string of the molecule is CC1CN(C2CCN(C(=O)CN3C(=O)CSc4ccccc43)CC2)C(=O)O1. The summed E-state index contributed by atoms with van der Waals surface area (Å²) in [5.41, 5.74) is 0.816. The Morgan fingerprint density at radius 2 is 1.96 bits per heavy atom. The van der Waals surface area contributed by atoms with Gasteiger partial charge in [-0.2, -0.15) is 0 Å². The van der Waals surface area contributed by atoms with E-state index < -0.39 is 0 Å². The lowest BCUT2D eigenvalue weighted by molar-refractivity contribution is -0.132. The molecule has 0 bridgehead atoms. The topological polar surface area (TPSA) is 70.2 Å². The molecule has 1 atom stereocenters. The first-order chi connectivity index (χ1) is 13.0. The summed E-state index contributed by atoms with van der Waals surface area (Å²) < 4.78 is 5.21. The molecule has 0 aromatic heterocycles. The van der Waals surface area contributed by atoms with Gasteiger partial charge in [-0.15, -0.1) is 11.8 Å². The van der Waals surface area contributed by atoms with E-state index >= 15 is 0 Å². The first-order valence-electron chi connectivity index (χ1n) is 9.30. The maximum absolute atomic E-state index is 12.8. The monoisotopic (exact) mass is 389 g/mol. The number of anilines is 1. The maximum atomic E-state index is 12.8. The molecular formula is C19H23N3O4S. The Bertz CT molecular complexity index is 763. The Labute approximate surface area is 162 Å². The number of likely N-dealkylation sites (tertiary alicyclic amines) is 1. The van der Waals surface area contributed by atoms with Crippen molar-refractivity contribution in [1.82, 2.24) is 9.80 Å². The summed E-state index contributed by atoms with van der Waals surface area (Å²) in [7, 11) is 0. The lowest BCUT2D eigenvalue weighted by Gasteiger charge is -2.37. The molecule has 0 saturated carbocycles. The van der Waals surface area contributed by atoms with Crippen molar-refractivity contribution in [3.05, 3.63) is 24.3 Å². The normalized spacial score (nSPS) is 23.4. The van der Waals surface area contributed by atoms with Crippen LogP contribution in [0, 0.1) is 0 Å². The summed E-state index contributed by atoms with van der Waals surface area (Å²) in [5.74, 6) is 0.290. The van der Waals surface area contributed by atoms with Crippen LogP contribution in [0.25, 0.3) is 0 Å². The summed E-state index contributed by atoms with van der Waals surface area (Å²) >= 11 is 1.51. The van der Waals surface area contributed by atoms with Gasteiger partial charge < -0.3 is 19.4 Å². The molecule has 3 amide bonds. The molecule has 27 heavy (non-hydrogen) atoms. The molecule has 1 unspecified atom stereocenters. The van der Waals surface area contributed by atoms with Crippen LogP contribution >= 0.6 is 11.8 Å². The average molecular weight is 389 g/mol. The van der Waals surface area contributed by atoms with E-state index in [2.05, 4.69) is 0 Å². The highest BCUT2D eigenvalue weighted by atomic mass is 32.2. The van der Waals surface area contributed by atoms with Crippen LogP contribution in [-0.2, 0) is 14.3 Å². The van der Waals surface area contributed by atoms with Gasteiger partial charge in [0.2, 0.25) is 11.8 Å². The van der Waals surface area contributed by atoms with Crippen molar-refractivity contribution in [1.29, 1.82) is 0 Å². The van der Waals surface area contributed by atoms with Gasteiger partial charge in [-0.1, -0.05) is 12.1 Å². The lowest BCUT2D eigenvalue weighted by Crippen LogP contribution is -2.50. The Kier molecular flexibility index (Phi) is 4.99. The zero-order valence-corrected chi connectivity index (χ0v) is 16.1. The molecule has 2 saturated heterocycles. The number of ether oxygens (including phenoxy) is 1. The van der Waals surface area contributed by atoms with Crippen LogP contribution in [0.3, 0.4) is 0 Å². The van der Waals surface area contributed by atoms with Crippen molar-refractivity contribution in [2.75, 3.05) is 36.8 Å². The van der Waals surface area contributed by atoms with Gasteiger partial charge in [0.15, 0.2) is 0 Å². The van der Waals surface area contributed by atoms with E-state index in [0.29, 0.717) is 25.4 Å². The van der Waals surface area contributed by atoms with Crippen LogP contribution in [0.1, 0.15) is 19.8 Å². The molecule has 3 aliphatic rings. The van der Waals surface area contributed by atoms with Crippen molar-refractivity contribution in [2.24, 2.45) is 0 Å². The number of nitrogens with zero attached hydrogens (tertiary/aromatic N) is 3. The summed E-state index contributed by atoms with van der Waals surface area (Å²) in [6.07, 6.45) is 1.17. The number of piperidine rings is 1. The van der Waals surface area contributed by atoms with Gasteiger partial charge in [0.1, 0.15) is 12.6 Å². The molecule has 0 N–H and O–H groups in total. The molecule has 144 valence electrons. The minimum Gasteiger partial charge on any atom is -0.444 e. The standard InChI is InChI=1S/C19H23N3O4S/c1-13-10-21(19(25)26-13)14-6-8-20(9-7-14)17(23)11-22-15-4-2-3-5-16(15)27-12-18(22)24/h2-5,13-14H,6-12H2,1H3. The quantitative estimate of drug-likeness (QED) is 0.790. The van der Waals surface area contributed by atoms with Crippen LogP contribution in [0.4, 0.5) is 10.5 Å². The highest BCUT2D eigenvalue weighted by Crippen LogP contribution is 2.35. The molecule has 1 aromatic rings. The number of carbonyl (C=O) groups excluding carboxylic acids is 3. The molecule has 0 radical (unpaired) electrons. The van der Waals surface area contributed by atoms with Crippen LogP contribution in [0.2, 0.25) is 0 Å². The van der Waals surface area contributed by atoms with Gasteiger partial charge in [-0.25, -0.2) is 4.79 Å². The van der Waals surface area contributed by atoms with E-state index in [1.165, 1.54) is 11.8 Å². The minimum atomic E-state index is -0.250. The second-order valence-electron chi connectivity index (χ2n) is 7.19. The smallest absolute Gasteiger partial charge is 0.410 e. The van der Waals surface area contributed by atoms with Crippen LogP contribution < -0.4 is 4.90 Å². The molecule has 3 aliphatic heterocycles. The fraction of sp³-hybridized carbons (Fsp3) is 0.526. The number of rotatable bonds is 3. The van der Waals surface area contributed by atoms with Gasteiger partial charge in [0.25, 0.3) is 0 Å². The van der Waals surface area contributed by atoms with E-state index in [9.17, 15) is 14.4 Å². The molecule has 7 nitrogen and oxygen atoms in total. The van der Waals surface area contributed by atoms with Crippen LogP contribution in [-0.4, -0.2) is 71.8 Å². The highest BCUT2D eigenvalue weighted by Gasteiger charge is 2.37. The van der Waals surface area contributed by atoms with Crippen LogP contribution in [0.5, 0.6) is 0 Å². The first-order valence-corrected chi connectivity index (χ1v) is 10.3. The fourth-order valence-corrected chi connectivity index (χ4v) is 4.85. The lowest BCUT2D eigenvalue weighted by atomic mass is 10.0. The zero-order chi connectivity index (χ0) is 19.0. The van der Waals surface area contributed by atoms with E-state index in [1.54, 1.807) is 14.7 Å². The average Bonchev–Trinajstić information content (AvgIpc) is 3.02. The predicted octanol–water partition coefficient (Wildman–Crippen LogP) is 1.96. The van der Waals surface area contributed by atoms with Gasteiger partial charge in [0.05, 0.1) is 18.0 Å². The van der Waals surface area contributed by atoms with Gasteiger partial charge in [-0.3, -0.25) is 9.59 Å². The molecule has 3 heterocycles. The van der Waals surface area contributed by atoms with E-state index in [0.717, 1.165) is 23.4 Å². The van der Waals surface area contributed by atoms with Crippen molar-refractivity contribution in [3.63, 3.8) is 0 Å². The highest BCUT2D eigenvalue weighted by molar-refractivity contribution is 8.00. The second kappa shape index (κ2) is 7.42. The summed E-state index contributed by atoms with van der Waals surface area (Å²) in [5, 5.41) is 0. The Balaban J connectivity index is 1.36. The molecule has 0 spiro atoms. The number of cyclic esters (lactones) is 1. The van der Waals surface area contributed by atoms with E-state index in [-0.39, 0.29) is 36.6 Å². The summed E-state index contributed by atoms with van der Waals surface area (Å²) in [4.78, 5) is 43.2. The Morgan fingerprint density at radius 1 is 1.22 bits per heavy atom. The van der Waals surface area contributed by atoms with E-state index in [1.807, 2.05) is 31.2 Å². The number of hydrogen-bond acceptors (Lipinski definition) is 5. The number of fused-ring (bicyclic) bond motifs is 1. The Morgan fingerprint density at radius 3 is 2.67 bits per heavy atom. The second-order valence-corrected chi connectivity index (χ2v) is 8.21. The largest absolute Gasteiger partial charge is 0.444 e. The minimum absolute atomic E-state index is 0.0317. The molecule has 2 fully saturated rings. The van der Waals surface area contributed by atoms with Crippen molar-refractivity contribution >= 4 is 35.4 Å². The number of hydrogen-bond donors (Lipinski definition) is 0. The fourth-order valence-electron chi connectivity index (χ4n) is 3.92. The van der Waals surface area contributed by atoms with Crippen molar-refractivity contribution in [2.45, 2.75) is 36.8 Å². The first kappa shape index (κ1) is 18.2. The number of para-hydroxylation sites is 1. The molecule has 8 heteroatoms. The molecule has 1 aromatic carbocycles. The van der Waals surface area contributed by atoms with E-state index in [4.69, 9.17) is 4.74 Å². The zero-order valence-electron chi connectivity index (χ0n) is 15.3. The number of benzene rings is 1. The van der Waals surface area contributed by atoms with Crippen molar-refractivity contribution in [3.8, 4) is 0 Å². The predicted molar refractivity (Wildman–Crippen MR) is 102 cm³/mol. The van der Waals surface area contributed by atoms with Crippen LogP contribution in [0.15, 0.2) is 29.2 Å².